The van der Waals surface area contributed by atoms with E-state index in [4.69, 9.17) is 9.47 Å². The fourth-order valence-electron chi connectivity index (χ4n) is 4.32. The van der Waals surface area contributed by atoms with Gasteiger partial charge in [0.1, 0.15) is 10.8 Å². The zero-order valence-corrected chi connectivity index (χ0v) is 19.8. The summed E-state index contributed by atoms with van der Waals surface area (Å²) in [5.74, 6) is -0.0263. The Labute approximate surface area is 197 Å². The van der Waals surface area contributed by atoms with Gasteiger partial charge in [0.2, 0.25) is 5.91 Å². The van der Waals surface area contributed by atoms with Crippen molar-refractivity contribution >= 4 is 39.8 Å². The minimum Gasteiger partial charge on any atom is -0.484 e. The Morgan fingerprint density at radius 1 is 1.03 bits per heavy atom. The molecule has 0 radical (unpaired) electrons. The first-order valence-electron chi connectivity index (χ1n) is 11.2. The van der Waals surface area contributed by atoms with Crippen molar-refractivity contribution in [2.24, 2.45) is 0 Å². The van der Waals surface area contributed by atoms with Crippen LogP contribution >= 0.6 is 11.3 Å². The molecule has 0 atom stereocenters. The summed E-state index contributed by atoms with van der Waals surface area (Å²) in [7, 11) is 1.36. The molecule has 8 nitrogen and oxygen atoms in total. The summed E-state index contributed by atoms with van der Waals surface area (Å²) in [5, 5.41) is 3.39. The van der Waals surface area contributed by atoms with Crippen molar-refractivity contribution in [2.45, 2.75) is 32.6 Å². The average molecular weight is 472 g/mol. The van der Waals surface area contributed by atoms with E-state index in [0.29, 0.717) is 29.4 Å². The number of nitrogens with zero attached hydrogens (tertiary/aromatic N) is 2. The molecule has 9 heteroatoms. The molecular formula is C24H29N3O5S. The molecule has 1 aliphatic carbocycles. The van der Waals surface area contributed by atoms with Gasteiger partial charge in [0.05, 0.1) is 12.7 Å². The molecule has 1 aromatic heterocycles. The molecular weight excluding hydrogens is 442 g/mol. The maximum atomic E-state index is 12.5. The van der Waals surface area contributed by atoms with E-state index in [2.05, 4.69) is 10.2 Å². The summed E-state index contributed by atoms with van der Waals surface area (Å²) >= 11 is 1.46. The quantitative estimate of drug-likeness (QED) is 0.652. The van der Waals surface area contributed by atoms with Gasteiger partial charge in [0.15, 0.2) is 6.61 Å². The molecule has 0 unspecified atom stereocenters. The highest BCUT2D eigenvalue weighted by molar-refractivity contribution is 7.17. The van der Waals surface area contributed by atoms with Crippen LogP contribution in [0, 0.1) is 0 Å². The summed E-state index contributed by atoms with van der Waals surface area (Å²) < 4.78 is 10.6. The average Bonchev–Trinajstić information content (AvgIpc) is 3.20. The van der Waals surface area contributed by atoms with Crippen LogP contribution in [0.25, 0.3) is 0 Å². The second kappa shape index (κ2) is 10.2. The first-order chi connectivity index (χ1) is 16.0. The fourth-order valence-corrected chi connectivity index (χ4v) is 5.61. The third kappa shape index (κ3) is 5.30. The number of ether oxygens (including phenoxy) is 2. The van der Waals surface area contributed by atoms with Crippen molar-refractivity contribution in [3.05, 3.63) is 40.3 Å². The van der Waals surface area contributed by atoms with Gasteiger partial charge < -0.3 is 24.6 Å². The molecule has 2 aromatic rings. The lowest BCUT2D eigenvalue weighted by molar-refractivity contribution is -0.129. The Bertz CT molecular complexity index is 1030. The summed E-state index contributed by atoms with van der Waals surface area (Å²) in [6.45, 7) is 4.45. The number of carbonyl (C=O) groups excluding carboxylic acids is 3. The zero-order chi connectivity index (χ0) is 23.4. The minimum atomic E-state index is -0.412. The molecule has 1 aliphatic heterocycles. The van der Waals surface area contributed by atoms with Crippen LogP contribution in [0.3, 0.4) is 0 Å². The van der Waals surface area contributed by atoms with E-state index >= 15 is 0 Å². The molecule has 33 heavy (non-hydrogen) atoms. The molecule has 2 aliphatic rings. The number of thiophene rings is 1. The highest BCUT2D eigenvalue weighted by Gasteiger charge is 2.27. The number of aryl methyl sites for hydroxylation is 1. The van der Waals surface area contributed by atoms with Crippen molar-refractivity contribution in [3.63, 3.8) is 0 Å². The highest BCUT2D eigenvalue weighted by atomic mass is 32.1. The Hall–Kier alpha value is -3.07. The predicted molar refractivity (Wildman–Crippen MR) is 127 cm³/mol. The number of amides is 2. The Morgan fingerprint density at radius 3 is 2.39 bits per heavy atom. The fraction of sp³-hybridized carbons (Fsp3) is 0.458. The molecule has 2 heterocycles. The van der Waals surface area contributed by atoms with E-state index in [0.717, 1.165) is 54.9 Å². The maximum absolute atomic E-state index is 12.5. The number of hydrogen-bond acceptors (Lipinski definition) is 7. The van der Waals surface area contributed by atoms with Crippen LogP contribution < -0.4 is 15.0 Å². The number of hydrogen-bond donors (Lipinski definition) is 1. The molecule has 0 bridgehead atoms. The van der Waals surface area contributed by atoms with Crippen molar-refractivity contribution in [1.82, 2.24) is 4.90 Å². The van der Waals surface area contributed by atoms with Gasteiger partial charge in [-0.05, 0) is 55.5 Å². The van der Waals surface area contributed by atoms with Gasteiger partial charge >= 0.3 is 5.97 Å². The van der Waals surface area contributed by atoms with Crippen molar-refractivity contribution in [3.8, 4) is 5.75 Å². The first-order valence-corrected chi connectivity index (χ1v) is 12.0. The van der Waals surface area contributed by atoms with Gasteiger partial charge in [-0.25, -0.2) is 4.79 Å². The smallest absolute Gasteiger partial charge is 0.341 e. The number of rotatable bonds is 6. The van der Waals surface area contributed by atoms with Gasteiger partial charge in [-0.1, -0.05) is 0 Å². The van der Waals surface area contributed by atoms with Crippen LogP contribution in [-0.4, -0.2) is 62.6 Å². The molecule has 2 amide bonds. The van der Waals surface area contributed by atoms with E-state index in [9.17, 15) is 14.4 Å². The van der Waals surface area contributed by atoms with Crippen LogP contribution in [0.2, 0.25) is 0 Å². The number of benzene rings is 1. The lowest BCUT2D eigenvalue weighted by Gasteiger charge is -2.35. The third-order valence-electron chi connectivity index (χ3n) is 6.11. The van der Waals surface area contributed by atoms with Crippen LogP contribution in [0.1, 0.15) is 40.6 Å². The van der Waals surface area contributed by atoms with Crippen LogP contribution in [0.15, 0.2) is 24.3 Å². The second-order valence-electron chi connectivity index (χ2n) is 8.23. The lowest BCUT2D eigenvalue weighted by Crippen LogP contribution is -2.48. The van der Waals surface area contributed by atoms with Gasteiger partial charge in [-0.2, -0.15) is 0 Å². The van der Waals surface area contributed by atoms with Gasteiger partial charge in [0.25, 0.3) is 5.91 Å². The predicted octanol–water partition coefficient (Wildman–Crippen LogP) is 3.10. The van der Waals surface area contributed by atoms with Crippen LogP contribution in [0.4, 0.5) is 10.7 Å². The van der Waals surface area contributed by atoms with E-state index in [-0.39, 0.29) is 18.4 Å². The largest absolute Gasteiger partial charge is 0.484 e. The number of esters is 1. The number of methoxy groups -OCH3 is 1. The third-order valence-corrected chi connectivity index (χ3v) is 7.32. The van der Waals surface area contributed by atoms with Crippen molar-refractivity contribution in [1.29, 1.82) is 0 Å². The number of piperazine rings is 1. The van der Waals surface area contributed by atoms with E-state index in [1.54, 1.807) is 6.92 Å². The topological polar surface area (TPSA) is 88.2 Å². The van der Waals surface area contributed by atoms with E-state index < -0.39 is 5.97 Å². The molecule has 0 spiro atoms. The standard InChI is InChI=1S/C24H29N3O5S/c1-16(28)26-11-13-27(14-12-26)17-7-9-18(10-8-17)32-15-21(29)25-23-22(24(30)31-2)19-5-3-4-6-20(19)33-23/h7-10H,3-6,11-15H2,1-2H3,(H,25,29). The van der Waals surface area contributed by atoms with E-state index in [1.807, 2.05) is 29.2 Å². The Balaban J connectivity index is 1.33. The second-order valence-corrected chi connectivity index (χ2v) is 9.34. The first kappa shape index (κ1) is 23.1. The summed E-state index contributed by atoms with van der Waals surface area (Å²) in [4.78, 5) is 41.6. The molecule has 1 saturated heterocycles. The van der Waals surface area contributed by atoms with Crippen molar-refractivity contribution in [2.75, 3.05) is 50.1 Å². The zero-order valence-electron chi connectivity index (χ0n) is 19.0. The van der Waals surface area contributed by atoms with Crippen molar-refractivity contribution < 1.29 is 23.9 Å². The number of anilines is 2. The molecule has 1 fully saturated rings. The monoisotopic (exact) mass is 471 g/mol. The van der Waals surface area contributed by atoms with E-state index in [1.165, 1.54) is 18.4 Å². The maximum Gasteiger partial charge on any atom is 0.341 e. The van der Waals surface area contributed by atoms with Gasteiger partial charge in [0, 0.05) is 43.7 Å². The molecule has 1 N–H and O–H groups in total. The number of nitrogens with one attached hydrogen (secondary N) is 1. The normalized spacial score (nSPS) is 15.6. The summed E-state index contributed by atoms with van der Waals surface area (Å²) in [6, 6.07) is 7.59. The van der Waals surface area contributed by atoms with Gasteiger partial charge in [-0.3, -0.25) is 9.59 Å². The Kier molecular flexibility index (Phi) is 7.17. The summed E-state index contributed by atoms with van der Waals surface area (Å²) in [6.07, 6.45) is 3.88. The van der Waals surface area contributed by atoms with Gasteiger partial charge in [-0.15, -0.1) is 11.3 Å². The number of carbonyl (C=O) groups is 3. The molecule has 4 rings (SSSR count). The Morgan fingerprint density at radius 2 is 1.73 bits per heavy atom. The number of fused-ring (bicyclic) bond motifs is 1. The molecule has 176 valence electrons. The molecule has 1 aromatic carbocycles. The lowest BCUT2D eigenvalue weighted by atomic mass is 9.95. The summed E-state index contributed by atoms with van der Waals surface area (Å²) in [5.41, 5.74) is 2.55. The minimum absolute atomic E-state index is 0.109. The highest BCUT2D eigenvalue weighted by Crippen LogP contribution is 2.38. The van der Waals surface area contributed by atoms with Crippen LogP contribution in [0.5, 0.6) is 5.75 Å². The van der Waals surface area contributed by atoms with Crippen LogP contribution in [-0.2, 0) is 27.2 Å². The SMILES string of the molecule is COC(=O)c1c(NC(=O)COc2ccc(N3CCN(C(C)=O)CC3)cc2)sc2c1CCCC2. The molecule has 0 saturated carbocycles.